The van der Waals surface area contributed by atoms with Crippen molar-refractivity contribution in [2.24, 2.45) is 0 Å². The van der Waals surface area contributed by atoms with Gasteiger partial charge in [0.25, 0.3) is 0 Å². The third kappa shape index (κ3) is 4.21. The maximum Gasteiger partial charge on any atom is 0.103 e. The van der Waals surface area contributed by atoms with Gasteiger partial charge in [0, 0.05) is 41.6 Å². The molecule has 1 heterocycles. The summed E-state index contributed by atoms with van der Waals surface area (Å²) in [5, 5.41) is 10.5. The molecule has 2 N–H and O–H groups in total. The van der Waals surface area contributed by atoms with Gasteiger partial charge >= 0.3 is 0 Å². The first-order valence-corrected chi connectivity index (χ1v) is 7.11. The summed E-state index contributed by atoms with van der Waals surface area (Å²) in [6.45, 7) is 3.85. The lowest BCUT2D eigenvalue weighted by Crippen LogP contribution is -2.26. The Balaban J connectivity index is 2.10. The summed E-state index contributed by atoms with van der Waals surface area (Å²) in [6.07, 6.45) is 1.80. The highest BCUT2D eigenvalue weighted by molar-refractivity contribution is 6.33. The van der Waals surface area contributed by atoms with Crippen LogP contribution >= 0.6 is 23.2 Å². The smallest absolute Gasteiger partial charge is 0.103 e. The number of aliphatic hydroxyl groups excluding tert-OH is 1. The van der Waals surface area contributed by atoms with E-state index in [0.29, 0.717) is 29.7 Å². The van der Waals surface area contributed by atoms with Crippen LogP contribution in [0.1, 0.15) is 17.1 Å². The van der Waals surface area contributed by atoms with Gasteiger partial charge in [-0.25, -0.2) is 4.98 Å². The molecule has 0 fully saturated rings. The molecule has 1 aromatic heterocycles. The molecular weight excluding hydrogens is 297 g/mol. The Morgan fingerprint density at radius 1 is 1.30 bits per heavy atom. The fraction of sp³-hybridized carbons (Fsp3) is 0.357. The number of aromatic amines is 1. The molecule has 0 aliphatic carbocycles. The van der Waals surface area contributed by atoms with Crippen molar-refractivity contribution in [3.8, 4) is 0 Å². The molecule has 2 aromatic rings. The lowest BCUT2D eigenvalue weighted by Gasteiger charge is -2.21. The number of nitrogens with zero attached hydrogens (tertiary/aromatic N) is 2. The first-order chi connectivity index (χ1) is 9.58. The van der Waals surface area contributed by atoms with E-state index < -0.39 is 0 Å². The molecular formula is C14H17Cl2N3O. The molecule has 0 aliphatic heterocycles. The van der Waals surface area contributed by atoms with Crippen molar-refractivity contribution < 1.29 is 5.11 Å². The third-order valence-corrected chi connectivity index (χ3v) is 3.57. The minimum atomic E-state index is 0.0886. The van der Waals surface area contributed by atoms with Gasteiger partial charge in [-0.3, -0.25) is 4.90 Å². The average Bonchev–Trinajstić information content (AvgIpc) is 2.79. The maximum atomic E-state index is 9.20. The molecule has 0 atom stereocenters. The van der Waals surface area contributed by atoms with Crippen molar-refractivity contribution in [3.05, 3.63) is 51.5 Å². The Hall–Kier alpha value is -1.07. The number of aliphatic hydroxyl groups is 1. The van der Waals surface area contributed by atoms with Crippen LogP contribution in [0, 0.1) is 6.92 Å². The monoisotopic (exact) mass is 313 g/mol. The normalized spacial score (nSPS) is 11.2. The molecule has 0 aliphatic rings. The van der Waals surface area contributed by atoms with Gasteiger partial charge in [-0.15, -0.1) is 0 Å². The fourth-order valence-corrected chi connectivity index (χ4v) is 2.43. The minimum absolute atomic E-state index is 0.0886. The Morgan fingerprint density at radius 3 is 2.75 bits per heavy atom. The summed E-state index contributed by atoms with van der Waals surface area (Å²) < 4.78 is 0. The van der Waals surface area contributed by atoms with Gasteiger partial charge in [-0.05, 0) is 30.7 Å². The van der Waals surface area contributed by atoms with E-state index in [9.17, 15) is 5.11 Å². The molecule has 0 unspecified atom stereocenters. The molecule has 0 saturated heterocycles. The summed E-state index contributed by atoms with van der Waals surface area (Å²) in [5.74, 6) is 0.879. The molecule has 4 nitrogen and oxygen atoms in total. The van der Waals surface area contributed by atoms with Crippen LogP contribution in [0.25, 0.3) is 0 Å². The van der Waals surface area contributed by atoms with Crippen molar-refractivity contribution >= 4 is 23.2 Å². The molecule has 1 aromatic carbocycles. The van der Waals surface area contributed by atoms with Crippen LogP contribution in [0.15, 0.2) is 24.4 Å². The highest BCUT2D eigenvalue weighted by atomic mass is 35.5. The van der Waals surface area contributed by atoms with E-state index in [1.165, 1.54) is 0 Å². The molecule has 0 amide bonds. The molecule has 2 rings (SSSR count). The molecule has 0 radical (unpaired) electrons. The second-order valence-electron chi connectivity index (χ2n) is 4.66. The summed E-state index contributed by atoms with van der Waals surface area (Å²) >= 11 is 12.2. The average molecular weight is 314 g/mol. The molecule has 20 heavy (non-hydrogen) atoms. The van der Waals surface area contributed by atoms with Crippen LogP contribution in [0.5, 0.6) is 0 Å². The standard InChI is InChI=1S/C14H17Cl2N3O/c1-10-17-7-13(18-10)9-19(4-5-20)8-11-6-12(15)2-3-14(11)16/h2-3,6-7,20H,4-5,8-9H2,1H3,(H,17,18). The summed E-state index contributed by atoms with van der Waals surface area (Å²) in [7, 11) is 0. The van der Waals surface area contributed by atoms with E-state index in [-0.39, 0.29) is 6.61 Å². The number of rotatable bonds is 6. The lowest BCUT2D eigenvalue weighted by molar-refractivity contribution is 0.183. The van der Waals surface area contributed by atoms with Crippen molar-refractivity contribution in [2.45, 2.75) is 20.0 Å². The summed E-state index contributed by atoms with van der Waals surface area (Å²) in [5.41, 5.74) is 1.96. The summed E-state index contributed by atoms with van der Waals surface area (Å²) in [4.78, 5) is 9.45. The number of hydrogen-bond acceptors (Lipinski definition) is 3. The Bertz CT molecular complexity index is 571. The van der Waals surface area contributed by atoms with Gasteiger partial charge in [0.05, 0.1) is 6.61 Å². The zero-order valence-electron chi connectivity index (χ0n) is 11.2. The summed E-state index contributed by atoms with van der Waals surface area (Å²) in [6, 6.07) is 5.41. The topological polar surface area (TPSA) is 52.1 Å². The number of halogens is 2. The predicted octanol–water partition coefficient (Wildman–Crippen LogP) is 3.02. The van der Waals surface area contributed by atoms with Gasteiger partial charge in [0.1, 0.15) is 5.82 Å². The second-order valence-corrected chi connectivity index (χ2v) is 5.51. The molecule has 6 heteroatoms. The van der Waals surface area contributed by atoms with Gasteiger partial charge in [0.2, 0.25) is 0 Å². The van der Waals surface area contributed by atoms with Crippen molar-refractivity contribution in [3.63, 3.8) is 0 Å². The van der Waals surface area contributed by atoms with Crippen LogP contribution in [0.4, 0.5) is 0 Å². The second kappa shape index (κ2) is 7.09. The van der Waals surface area contributed by atoms with Crippen LogP contribution < -0.4 is 0 Å². The van der Waals surface area contributed by atoms with Crippen molar-refractivity contribution in [1.82, 2.24) is 14.9 Å². The predicted molar refractivity (Wildman–Crippen MR) is 81.0 cm³/mol. The number of aromatic nitrogens is 2. The highest BCUT2D eigenvalue weighted by Crippen LogP contribution is 2.22. The number of imidazole rings is 1. The van der Waals surface area contributed by atoms with Gasteiger partial charge in [-0.1, -0.05) is 23.2 Å². The zero-order chi connectivity index (χ0) is 14.5. The molecule has 108 valence electrons. The van der Waals surface area contributed by atoms with E-state index in [4.69, 9.17) is 23.2 Å². The van der Waals surface area contributed by atoms with Crippen molar-refractivity contribution in [2.75, 3.05) is 13.2 Å². The van der Waals surface area contributed by atoms with E-state index in [2.05, 4.69) is 14.9 Å². The minimum Gasteiger partial charge on any atom is -0.395 e. The van der Waals surface area contributed by atoms with E-state index >= 15 is 0 Å². The Kier molecular flexibility index (Phi) is 5.43. The van der Waals surface area contributed by atoms with Crippen LogP contribution in [-0.2, 0) is 13.1 Å². The van der Waals surface area contributed by atoms with Crippen molar-refractivity contribution in [1.29, 1.82) is 0 Å². The lowest BCUT2D eigenvalue weighted by atomic mass is 10.2. The fourth-order valence-electron chi connectivity index (χ4n) is 2.05. The Labute approximate surface area is 128 Å². The number of aryl methyl sites for hydroxylation is 1. The number of H-pyrrole nitrogens is 1. The van der Waals surface area contributed by atoms with Gasteiger partial charge < -0.3 is 10.1 Å². The number of nitrogens with one attached hydrogen (secondary N) is 1. The molecule has 0 spiro atoms. The quantitative estimate of drug-likeness (QED) is 0.862. The first-order valence-electron chi connectivity index (χ1n) is 6.36. The number of benzene rings is 1. The number of hydrogen-bond donors (Lipinski definition) is 2. The van der Waals surface area contributed by atoms with E-state index in [1.807, 2.05) is 13.0 Å². The maximum absolute atomic E-state index is 9.20. The Morgan fingerprint density at radius 2 is 2.10 bits per heavy atom. The van der Waals surface area contributed by atoms with Crippen LogP contribution in [-0.4, -0.2) is 33.1 Å². The van der Waals surface area contributed by atoms with E-state index in [0.717, 1.165) is 17.1 Å². The first kappa shape index (κ1) is 15.3. The molecule has 0 bridgehead atoms. The van der Waals surface area contributed by atoms with Gasteiger partial charge in [0.15, 0.2) is 0 Å². The third-order valence-electron chi connectivity index (χ3n) is 2.97. The van der Waals surface area contributed by atoms with Gasteiger partial charge in [-0.2, -0.15) is 0 Å². The SMILES string of the molecule is Cc1ncc(CN(CCO)Cc2cc(Cl)ccc2Cl)[nH]1. The van der Waals surface area contributed by atoms with Crippen LogP contribution in [0.2, 0.25) is 10.0 Å². The molecule has 0 saturated carbocycles. The van der Waals surface area contributed by atoms with Crippen LogP contribution in [0.3, 0.4) is 0 Å². The largest absolute Gasteiger partial charge is 0.395 e. The van der Waals surface area contributed by atoms with E-state index in [1.54, 1.807) is 18.3 Å². The highest BCUT2D eigenvalue weighted by Gasteiger charge is 2.11. The zero-order valence-corrected chi connectivity index (χ0v) is 12.7.